The number of fused-ring (bicyclic) bond motifs is 1. The molecule has 0 unspecified atom stereocenters. The van der Waals surface area contributed by atoms with Gasteiger partial charge in [0.05, 0.1) is 24.0 Å². The molecule has 0 saturated carbocycles. The number of primary amides is 1. The molecule has 2 aliphatic rings. The number of thiophene rings is 1. The molecule has 1 aliphatic carbocycles. The molecule has 1 aliphatic heterocycles. The van der Waals surface area contributed by atoms with Crippen LogP contribution in [0, 0.1) is 0 Å². The Hall–Kier alpha value is -1.98. The average molecular weight is 409 g/mol. The lowest BCUT2D eigenvalue weighted by molar-refractivity contribution is -0.113. The van der Waals surface area contributed by atoms with Crippen LogP contribution in [-0.4, -0.2) is 50.5 Å². The monoisotopic (exact) mass is 408 g/mol. The Kier molecular flexibility index (Phi) is 5.41. The van der Waals surface area contributed by atoms with E-state index in [-0.39, 0.29) is 17.8 Å². The third-order valence-corrected chi connectivity index (χ3v) is 6.82. The molecule has 144 valence electrons. The van der Waals surface area contributed by atoms with Crippen molar-refractivity contribution in [2.75, 3.05) is 17.7 Å². The summed E-state index contributed by atoms with van der Waals surface area (Å²) in [5.41, 5.74) is 6.99. The molecule has 0 aromatic carbocycles. The van der Waals surface area contributed by atoms with E-state index in [0.717, 1.165) is 49.2 Å². The zero-order valence-corrected chi connectivity index (χ0v) is 16.3. The maximum atomic E-state index is 12.4. The van der Waals surface area contributed by atoms with Gasteiger partial charge in [0.2, 0.25) is 11.1 Å². The lowest BCUT2D eigenvalue weighted by Gasteiger charge is -2.10. The minimum atomic E-state index is -0.488. The average Bonchev–Trinajstić information content (AvgIpc) is 3.37. The first-order valence-electron chi connectivity index (χ1n) is 8.86. The van der Waals surface area contributed by atoms with Crippen molar-refractivity contribution in [2.24, 2.45) is 5.73 Å². The van der Waals surface area contributed by atoms with Gasteiger partial charge in [-0.05, 0) is 48.1 Å². The van der Waals surface area contributed by atoms with E-state index in [1.54, 1.807) is 4.68 Å². The van der Waals surface area contributed by atoms with Gasteiger partial charge in [0, 0.05) is 11.5 Å². The van der Waals surface area contributed by atoms with Crippen LogP contribution in [0.15, 0.2) is 5.16 Å². The van der Waals surface area contributed by atoms with E-state index in [9.17, 15) is 9.59 Å². The van der Waals surface area contributed by atoms with E-state index in [4.69, 9.17) is 10.5 Å². The third-order valence-electron chi connectivity index (χ3n) is 4.65. The first-order chi connectivity index (χ1) is 13.1. The highest BCUT2D eigenvalue weighted by molar-refractivity contribution is 7.99. The van der Waals surface area contributed by atoms with Crippen molar-refractivity contribution >= 4 is 39.9 Å². The van der Waals surface area contributed by atoms with E-state index in [1.807, 2.05) is 0 Å². The Morgan fingerprint density at radius 1 is 1.37 bits per heavy atom. The zero-order valence-electron chi connectivity index (χ0n) is 14.6. The highest BCUT2D eigenvalue weighted by Gasteiger charge is 2.26. The number of ether oxygens (including phenoxy) is 1. The fraction of sp³-hybridized carbons (Fsp3) is 0.562. The number of thioether (sulfide) groups is 1. The molecule has 1 saturated heterocycles. The largest absolute Gasteiger partial charge is 0.376 e. The standard InChI is InChI=1S/C16H20N6O3S2/c17-14(24)13-10-4-1-5-11(10)27-15(13)18-12(23)8-26-16-19-20-21-22(16)7-9-3-2-6-25-9/h9H,1-8H2,(H2,17,24)(H,18,23)/t9-/m1/s1. The molecule has 9 nitrogen and oxygen atoms in total. The number of nitrogens with two attached hydrogens (primary N) is 1. The number of tetrazole rings is 1. The van der Waals surface area contributed by atoms with Gasteiger partial charge in [-0.1, -0.05) is 11.8 Å². The lowest BCUT2D eigenvalue weighted by Crippen LogP contribution is -2.20. The van der Waals surface area contributed by atoms with Gasteiger partial charge < -0.3 is 15.8 Å². The molecule has 2 amide bonds. The van der Waals surface area contributed by atoms with E-state index >= 15 is 0 Å². The van der Waals surface area contributed by atoms with E-state index in [2.05, 4.69) is 20.8 Å². The number of nitrogens with zero attached hydrogens (tertiary/aromatic N) is 4. The smallest absolute Gasteiger partial charge is 0.251 e. The summed E-state index contributed by atoms with van der Waals surface area (Å²) >= 11 is 2.71. The molecule has 2 aromatic heterocycles. The van der Waals surface area contributed by atoms with E-state index in [0.29, 0.717) is 22.3 Å². The first kappa shape index (κ1) is 18.4. The van der Waals surface area contributed by atoms with Crippen LogP contribution in [-0.2, 0) is 28.9 Å². The van der Waals surface area contributed by atoms with Gasteiger partial charge in [-0.15, -0.1) is 16.4 Å². The van der Waals surface area contributed by atoms with Crippen LogP contribution in [0.4, 0.5) is 5.00 Å². The Labute approximate surface area is 164 Å². The number of anilines is 1. The van der Waals surface area contributed by atoms with Crippen molar-refractivity contribution in [1.29, 1.82) is 0 Å². The number of aryl methyl sites for hydroxylation is 1. The molecule has 3 N–H and O–H groups in total. The number of hydrogen-bond donors (Lipinski definition) is 2. The van der Waals surface area contributed by atoms with Gasteiger partial charge in [0.15, 0.2) is 0 Å². The topological polar surface area (TPSA) is 125 Å². The van der Waals surface area contributed by atoms with Gasteiger partial charge in [0.25, 0.3) is 5.91 Å². The summed E-state index contributed by atoms with van der Waals surface area (Å²) in [4.78, 5) is 25.3. The third kappa shape index (κ3) is 3.99. The Balaban J connectivity index is 1.37. The van der Waals surface area contributed by atoms with Crippen molar-refractivity contribution < 1.29 is 14.3 Å². The summed E-state index contributed by atoms with van der Waals surface area (Å²) in [5.74, 6) is -0.556. The van der Waals surface area contributed by atoms with Gasteiger partial charge in [-0.2, -0.15) is 0 Å². The predicted octanol–water partition coefficient (Wildman–Crippen LogP) is 1.23. The quantitative estimate of drug-likeness (QED) is 0.660. The molecule has 0 bridgehead atoms. The Morgan fingerprint density at radius 2 is 2.26 bits per heavy atom. The number of hydrogen-bond acceptors (Lipinski definition) is 8. The molecule has 4 rings (SSSR count). The lowest BCUT2D eigenvalue weighted by atomic mass is 10.1. The summed E-state index contributed by atoms with van der Waals surface area (Å²) in [6.07, 6.45) is 4.95. The molecule has 3 heterocycles. The normalized spacial score (nSPS) is 18.6. The second-order valence-electron chi connectivity index (χ2n) is 6.54. The first-order valence-corrected chi connectivity index (χ1v) is 10.7. The number of aromatic nitrogens is 4. The van der Waals surface area contributed by atoms with Crippen LogP contribution >= 0.6 is 23.1 Å². The molecule has 27 heavy (non-hydrogen) atoms. The number of rotatable bonds is 7. The molecular formula is C16H20N6O3S2. The van der Waals surface area contributed by atoms with Crippen LogP contribution < -0.4 is 11.1 Å². The summed E-state index contributed by atoms with van der Waals surface area (Å²) in [6.45, 7) is 1.35. The van der Waals surface area contributed by atoms with Crippen molar-refractivity contribution in [3.63, 3.8) is 0 Å². The minimum absolute atomic E-state index is 0.119. The van der Waals surface area contributed by atoms with Crippen LogP contribution in [0.2, 0.25) is 0 Å². The molecule has 0 radical (unpaired) electrons. The van der Waals surface area contributed by atoms with Crippen LogP contribution in [0.25, 0.3) is 0 Å². The summed E-state index contributed by atoms with van der Waals surface area (Å²) in [6, 6.07) is 0. The minimum Gasteiger partial charge on any atom is -0.376 e. The van der Waals surface area contributed by atoms with E-state index in [1.165, 1.54) is 23.1 Å². The highest BCUT2D eigenvalue weighted by atomic mass is 32.2. The molecule has 1 atom stereocenters. The zero-order chi connectivity index (χ0) is 18.8. The highest BCUT2D eigenvalue weighted by Crippen LogP contribution is 2.38. The second kappa shape index (κ2) is 7.95. The van der Waals surface area contributed by atoms with Crippen molar-refractivity contribution in [2.45, 2.75) is 49.9 Å². The predicted molar refractivity (Wildman–Crippen MR) is 101 cm³/mol. The van der Waals surface area contributed by atoms with Crippen molar-refractivity contribution in [3.8, 4) is 0 Å². The van der Waals surface area contributed by atoms with Gasteiger partial charge >= 0.3 is 0 Å². The number of nitrogens with one attached hydrogen (secondary N) is 1. The molecular weight excluding hydrogens is 388 g/mol. The van der Waals surface area contributed by atoms with Gasteiger partial charge in [-0.25, -0.2) is 4.68 Å². The molecule has 1 fully saturated rings. The fourth-order valence-corrected chi connectivity index (χ4v) is 5.44. The summed E-state index contributed by atoms with van der Waals surface area (Å²) < 4.78 is 7.27. The Morgan fingerprint density at radius 3 is 3.04 bits per heavy atom. The number of carbonyl (C=O) groups excluding carboxylic acids is 2. The fourth-order valence-electron chi connectivity index (χ4n) is 3.44. The second-order valence-corrected chi connectivity index (χ2v) is 8.59. The Bertz CT molecular complexity index is 858. The van der Waals surface area contributed by atoms with Crippen LogP contribution in [0.3, 0.4) is 0 Å². The van der Waals surface area contributed by atoms with Crippen molar-refractivity contribution in [1.82, 2.24) is 20.2 Å². The SMILES string of the molecule is NC(=O)c1c(NC(=O)CSc2nnnn2C[C@H]2CCCO2)sc2c1CCC2. The van der Waals surface area contributed by atoms with Gasteiger partial charge in [-0.3, -0.25) is 9.59 Å². The maximum Gasteiger partial charge on any atom is 0.251 e. The van der Waals surface area contributed by atoms with Crippen LogP contribution in [0.1, 0.15) is 40.1 Å². The number of carbonyl (C=O) groups is 2. The van der Waals surface area contributed by atoms with Crippen LogP contribution in [0.5, 0.6) is 0 Å². The molecule has 0 spiro atoms. The number of amides is 2. The van der Waals surface area contributed by atoms with Gasteiger partial charge in [0.1, 0.15) is 5.00 Å². The molecule has 11 heteroatoms. The molecule has 2 aromatic rings. The van der Waals surface area contributed by atoms with E-state index < -0.39 is 5.91 Å². The summed E-state index contributed by atoms with van der Waals surface area (Å²) in [7, 11) is 0. The summed E-state index contributed by atoms with van der Waals surface area (Å²) in [5, 5.41) is 15.6. The van der Waals surface area contributed by atoms with Crippen molar-refractivity contribution in [3.05, 3.63) is 16.0 Å². The maximum absolute atomic E-state index is 12.4.